The Morgan fingerprint density at radius 1 is 0.449 bits per heavy atom. The summed E-state index contributed by atoms with van der Waals surface area (Å²) in [6.45, 7) is 46.2. The van der Waals surface area contributed by atoms with Crippen molar-refractivity contribution < 1.29 is 4.42 Å². The van der Waals surface area contributed by atoms with Gasteiger partial charge in [-0.15, -0.1) is 0 Å². The van der Waals surface area contributed by atoms with Crippen LogP contribution in [-0.4, -0.2) is 6.71 Å². The number of aryl methyl sites for hydroxylation is 1. The molecular formula is C65H81BN2O. The maximum atomic E-state index is 7.57. The lowest BCUT2D eigenvalue weighted by Gasteiger charge is -2.48. The Bertz CT molecular complexity index is 3170. The molecule has 0 unspecified atom stereocenters. The van der Waals surface area contributed by atoms with Crippen molar-refractivity contribution in [2.24, 2.45) is 0 Å². The first kappa shape index (κ1) is 46.7. The average Bonchev–Trinajstić information content (AvgIpc) is 3.63. The molecule has 0 radical (unpaired) electrons. The molecule has 0 fully saturated rings. The molecule has 0 saturated heterocycles. The fourth-order valence-corrected chi connectivity index (χ4v) is 13.6. The van der Waals surface area contributed by atoms with E-state index in [9.17, 15) is 0 Å². The van der Waals surface area contributed by atoms with Crippen LogP contribution in [0.4, 0.5) is 34.1 Å². The zero-order chi connectivity index (χ0) is 49.7. The lowest BCUT2D eigenvalue weighted by molar-refractivity contribution is 0.331. The number of furan rings is 1. The number of anilines is 6. The van der Waals surface area contributed by atoms with Crippen molar-refractivity contribution in [2.45, 2.75) is 213 Å². The fourth-order valence-electron chi connectivity index (χ4n) is 13.6. The summed E-state index contributed by atoms with van der Waals surface area (Å²) in [5.41, 5.74) is 25.5. The Morgan fingerprint density at radius 2 is 0.913 bits per heavy atom. The smallest absolute Gasteiger partial charge is 0.297 e. The molecule has 0 bridgehead atoms. The standard InChI is InChI=1S/C65H81BN2O/c1-38-30-44-47(64(16,17)28-26-61(44,10)11)36-50(38)68-51-37-48-46(63(14,15)27-29-65(48,18)19)35-49(51)66-55-52(32-40(33-53(55)68)59(5,6)7)67(41-21-22-43-45(34-41)62(12,13)25-24-60(43,8)9)56-42-31-39(58(2,3)4)20-23-54(42)69-57(56)66/h20-23,30-37H,24-29H2,1-19H3. The predicted octanol–water partition coefficient (Wildman–Crippen LogP) is 16.5. The number of fused-ring (bicyclic) bond motifs is 9. The van der Waals surface area contributed by atoms with E-state index >= 15 is 0 Å². The highest BCUT2D eigenvalue weighted by molar-refractivity contribution is 7.00. The molecule has 2 aliphatic heterocycles. The van der Waals surface area contributed by atoms with Gasteiger partial charge in [-0.2, -0.15) is 0 Å². The molecule has 3 nitrogen and oxygen atoms in total. The molecule has 360 valence electrons. The molecular weight excluding hydrogens is 836 g/mol. The average molecular weight is 917 g/mol. The minimum absolute atomic E-state index is 0.0317. The topological polar surface area (TPSA) is 19.6 Å². The third-order valence-corrected chi connectivity index (χ3v) is 18.9. The van der Waals surface area contributed by atoms with Crippen LogP contribution in [0.1, 0.15) is 213 Å². The molecule has 3 heterocycles. The number of hydrogen-bond acceptors (Lipinski definition) is 3. The Kier molecular flexibility index (Phi) is 9.64. The van der Waals surface area contributed by atoms with Crippen LogP contribution in [0.3, 0.4) is 0 Å². The summed E-state index contributed by atoms with van der Waals surface area (Å²) in [5.74, 6) is 0. The van der Waals surface area contributed by atoms with E-state index in [4.69, 9.17) is 4.42 Å². The molecule has 5 aliphatic rings. The lowest BCUT2D eigenvalue weighted by atomic mass is 9.35. The molecule has 11 rings (SSSR count). The van der Waals surface area contributed by atoms with Crippen molar-refractivity contribution in [2.75, 3.05) is 9.80 Å². The highest BCUT2D eigenvalue weighted by atomic mass is 16.3. The minimum Gasteiger partial charge on any atom is -0.468 e. The van der Waals surface area contributed by atoms with Gasteiger partial charge in [-0.05, 0) is 198 Å². The zero-order valence-corrected chi connectivity index (χ0v) is 46.1. The van der Waals surface area contributed by atoms with Crippen LogP contribution in [0.2, 0.25) is 0 Å². The van der Waals surface area contributed by atoms with Gasteiger partial charge in [-0.25, -0.2) is 0 Å². The summed E-state index contributed by atoms with van der Waals surface area (Å²) < 4.78 is 7.57. The van der Waals surface area contributed by atoms with E-state index in [2.05, 4.69) is 214 Å². The van der Waals surface area contributed by atoms with Crippen LogP contribution >= 0.6 is 0 Å². The molecule has 6 aromatic rings. The molecule has 1 aromatic heterocycles. The normalized spacial score (nSPS) is 20.9. The van der Waals surface area contributed by atoms with Gasteiger partial charge in [-0.1, -0.05) is 149 Å². The zero-order valence-electron chi connectivity index (χ0n) is 46.1. The van der Waals surface area contributed by atoms with E-state index < -0.39 is 0 Å². The largest absolute Gasteiger partial charge is 0.468 e. The van der Waals surface area contributed by atoms with E-state index in [1.54, 1.807) is 0 Å². The van der Waals surface area contributed by atoms with Gasteiger partial charge in [0.15, 0.2) is 0 Å². The van der Waals surface area contributed by atoms with Crippen LogP contribution in [0, 0.1) is 6.92 Å². The Labute approximate surface area is 416 Å². The second kappa shape index (κ2) is 14.3. The Morgan fingerprint density at radius 3 is 1.45 bits per heavy atom. The maximum absolute atomic E-state index is 7.57. The van der Waals surface area contributed by atoms with Gasteiger partial charge in [0.25, 0.3) is 6.71 Å². The van der Waals surface area contributed by atoms with Crippen molar-refractivity contribution in [3.05, 3.63) is 123 Å². The summed E-state index contributed by atoms with van der Waals surface area (Å²) in [4.78, 5) is 5.41. The van der Waals surface area contributed by atoms with E-state index in [1.165, 1.54) is 133 Å². The molecule has 0 N–H and O–H groups in total. The van der Waals surface area contributed by atoms with Crippen molar-refractivity contribution >= 4 is 68.4 Å². The molecule has 0 spiro atoms. The van der Waals surface area contributed by atoms with Gasteiger partial charge in [0, 0.05) is 33.8 Å². The monoisotopic (exact) mass is 917 g/mol. The second-order valence-electron chi connectivity index (χ2n) is 28.7. The summed E-state index contributed by atoms with van der Waals surface area (Å²) in [5, 5.41) is 1.20. The summed E-state index contributed by atoms with van der Waals surface area (Å²) >= 11 is 0. The number of hydrogen-bond donors (Lipinski definition) is 0. The third kappa shape index (κ3) is 6.85. The third-order valence-electron chi connectivity index (χ3n) is 18.9. The molecule has 5 aromatic carbocycles. The van der Waals surface area contributed by atoms with Gasteiger partial charge in [-0.3, -0.25) is 0 Å². The highest BCUT2D eigenvalue weighted by Gasteiger charge is 2.51. The summed E-state index contributed by atoms with van der Waals surface area (Å²) in [6.07, 6.45) is 7.06. The van der Waals surface area contributed by atoms with E-state index in [0.717, 1.165) is 17.7 Å². The van der Waals surface area contributed by atoms with Crippen molar-refractivity contribution in [1.82, 2.24) is 0 Å². The molecule has 69 heavy (non-hydrogen) atoms. The van der Waals surface area contributed by atoms with Crippen LogP contribution < -0.4 is 26.4 Å². The van der Waals surface area contributed by atoms with E-state index in [1.807, 2.05) is 0 Å². The second-order valence-corrected chi connectivity index (χ2v) is 28.7. The van der Waals surface area contributed by atoms with Gasteiger partial charge in [0.05, 0.1) is 11.3 Å². The molecule has 3 aliphatic carbocycles. The van der Waals surface area contributed by atoms with Crippen molar-refractivity contribution in [3.8, 4) is 0 Å². The van der Waals surface area contributed by atoms with Crippen LogP contribution in [0.5, 0.6) is 0 Å². The Balaban J connectivity index is 1.31. The van der Waals surface area contributed by atoms with Crippen LogP contribution in [0.15, 0.2) is 77.2 Å². The molecule has 0 atom stereocenters. The SMILES string of the molecule is Cc1cc2c(cc1N1c3cc4c(cc3B3c5oc6ccc(C(C)(C)C)cc6c5N(c5ccc6c(c5)C(C)(C)CCC6(C)C)c5cc(C(C)(C)C)cc1c53)C(C)(C)CCC4(C)C)C(C)(C)CCC2(C)C. The van der Waals surface area contributed by atoms with Gasteiger partial charge in [0.2, 0.25) is 0 Å². The van der Waals surface area contributed by atoms with Gasteiger partial charge in [0.1, 0.15) is 5.58 Å². The number of benzene rings is 5. The predicted molar refractivity (Wildman–Crippen MR) is 298 cm³/mol. The maximum Gasteiger partial charge on any atom is 0.297 e. The first-order chi connectivity index (χ1) is 31.8. The van der Waals surface area contributed by atoms with E-state index in [0.29, 0.717) is 0 Å². The number of nitrogens with zero attached hydrogens (tertiary/aromatic N) is 2. The Hall–Kier alpha value is -4.70. The first-order valence-electron chi connectivity index (χ1n) is 26.7. The van der Waals surface area contributed by atoms with Crippen LogP contribution in [-0.2, 0) is 43.3 Å². The van der Waals surface area contributed by atoms with Gasteiger partial charge < -0.3 is 14.2 Å². The molecule has 0 amide bonds. The lowest BCUT2D eigenvalue weighted by Crippen LogP contribution is -2.61. The minimum atomic E-state index is -0.128. The highest BCUT2D eigenvalue weighted by Crippen LogP contribution is 2.56. The number of rotatable bonds is 2. The quantitative estimate of drug-likeness (QED) is 0.161. The molecule has 0 saturated carbocycles. The summed E-state index contributed by atoms with van der Waals surface area (Å²) in [7, 11) is 0. The van der Waals surface area contributed by atoms with Crippen molar-refractivity contribution in [3.63, 3.8) is 0 Å². The first-order valence-corrected chi connectivity index (χ1v) is 26.7. The van der Waals surface area contributed by atoms with E-state index in [-0.39, 0.29) is 50.0 Å². The molecule has 4 heteroatoms. The summed E-state index contributed by atoms with van der Waals surface area (Å²) in [6, 6.07) is 30.3. The van der Waals surface area contributed by atoms with Crippen LogP contribution in [0.25, 0.3) is 11.0 Å². The fraction of sp³-hybridized carbons (Fsp3) is 0.508. The van der Waals surface area contributed by atoms with Gasteiger partial charge >= 0.3 is 0 Å². The van der Waals surface area contributed by atoms with Crippen molar-refractivity contribution in [1.29, 1.82) is 0 Å².